The number of fused-ring (bicyclic) bond motifs is 1. The van der Waals surface area contributed by atoms with Crippen molar-refractivity contribution in [3.63, 3.8) is 0 Å². The topological polar surface area (TPSA) is 113 Å². The van der Waals surface area contributed by atoms with Crippen LogP contribution in [0.2, 0.25) is 10.0 Å². The third kappa shape index (κ3) is 6.99. The average Bonchev–Trinajstić information content (AvgIpc) is 3.03. The lowest BCUT2D eigenvalue weighted by molar-refractivity contribution is 0.0734. The zero-order chi connectivity index (χ0) is 32.8. The van der Waals surface area contributed by atoms with E-state index in [9.17, 15) is 14.4 Å². The first-order valence-corrected chi connectivity index (χ1v) is 15.2. The molecule has 46 heavy (non-hydrogen) atoms. The Morgan fingerprint density at radius 2 is 1.74 bits per heavy atom. The van der Waals surface area contributed by atoms with Gasteiger partial charge in [-0.05, 0) is 55.3 Å². The number of benzene rings is 4. The molecule has 0 radical (unpaired) electrons. The number of ether oxygens (including phenoxy) is 5. The van der Waals surface area contributed by atoms with Gasteiger partial charge in [-0.3, -0.25) is 0 Å². The fraction of sp³-hybridized carbons (Fsp3) is 0.200. The summed E-state index contributed by atoms with van der Waals surface area (Å²) in [7, 11) is 0. The van der Waals surface area contributed by atoms with E-state index in [1.807, 2.05) is 13.8 Å². The van der Waals surface area contributed by atoms with E-state index in [0.29, 0.717) is 52.9 Å². The van der Waals surface area contributed by atoms with Crippen molar-refractivity contribution >= 4 is 29.2 Å². The molecule has 4 aromatic rings. The third-order valence-corrected chi connectivity index (χ3v) is 7.59. The minimum absolute atomic E-state index is 0.000814. The summed E-state index contributed by atoms with van der Waals surface area (Å²) < 4.78 is 42.9. The molecule has 1 unspecified atom stereocenters. The number of halogens is 3. The Labute approximate surface area is 275 Å². The van der Waals surface area contributed by atoms with Crippen LogP contribution in [0.1, 0.15) is 53.2 Å². The molecule has 236 valence electrons. The van der Waals surface area contributed by atoms with Crippen LogP contribution in [0, 0.1) is 17.1 Å². The number of nitrogens with zero attached hydrogens (tertiary/aromatic N) is 1. The molecule has 1 aliphatic rings. The second kappa shape index (κ2) is 14.5. The molecule has 0 fully saturated rings. The Morgan fingerprint density at radius 3 is 2.43 bits per heavy atom. The number of carbonyl (C=O) groups is 1. The molecular formula is C35H29Cl2FN2O6. The largest absolute Gasteiger partial charge is 0.490 e. The fourth-order valence-electron chi connectivity index (χ4n) is 4.89. The van der Waals surface area contributed by atoms with Crippen LogP contribution in [0.4, 0.5) is 4.39 Å². The molecule has 0 spiro atoms. The van der Waals surface area contributed by atoms with Crippen molar-refractivity contribution in [1.82, 2.24) is 0 Å². The van der Waals surface area contributed by atoms with Crippen LogP contribution in [0.15, 0.2) is 84.3 Å². The number of nitrogens with two attached hydrogens (primary N) is 1. The highest BCUT2D eigenvalue weighted by Crippen LogP contribution is 2.45. The van der Waals surface area contributed by atoms with Crippen molar-refractivity contribution < 1.29 is 32.9 Å². The van der Waals surface area contributed by atoms with Gasteiger partial charge in [0, 0.05) is 17.2 Å². The minimum atomic E-state index is -0.702. The Kier molecular flexibility index (Phi) is 10.2. The molecule has 0 saturated heterocycles. The quantitative estimate of drug-likeness (QED) is 0.126. The van der Waals surface area contributed by atoms with Crippen molar-refractivity contribution in [1.29, 1.82) is 5.26 Å². The summed E-state index contributed by atoms with van der Waals surface area (Å²) in [5.74, 6) is -0.227. The van der Waals surface area contributed by atoms with E-state index in [-0.39, 0.29) is 45.2 Å². The molecule has 0 amide bonds. The van der Waals surface area contributed by atoms with Crippen LogP contribution >= 0.6 is 23.2 Å². The zero-order valence-electron chi connectivity index (χ0n) is 24.9. The number of allylic oxidation sites excluding steroid dienone is 1. The van der Waals surface area contributed by atoms with Crippen molar-refractivity contribution in [3.8, 4) is 34.8 Å². The number of carbonyl (C=O) groups excluding carboxylic acids is 1. The second-order valence-corrected chi connectivity index (χ2v) is 11.0. The first-order valence-electron chi connectivity index (χ1n) is 14.4. The normalized spacial score (nSPS) is 13.7. The van der Waals surface area contributed by atoms with Crippen molar-refractivity contribution in [3.05, 3.63) is 122 Å². The summed E-state index contributed by atoms with van der Waals surface area (Å²) >= 11 is 12.6. The summed E-state index contributed by atoms with van der Waals surface area (Å²) in [5.41, 5.74) is 8.20. The van der Waals surface area contributed by atoms with Gasteiger partial charge in [-0.2, -0.15) is 5.26 Å². The minimum Gasteiger partial charge on any atom is -0.490 e. The SMILES string of the molecule is CCCOc1c(Cl)cc(C(=O)Oc2ccc3c(c2)OC(N)=C(C#N)C3c2ccc(OCc3ccccc3F)c(OCC)c2)cc1Cl. The second-order valence-electron chi connectivity index (χ2n) is 10.2. The van der Waals surface area contributed by atoms with Gasteiger partial charge < -0.3 is 29.4 Å². The van der Waals surface area contributed by atoms with E-state index in [4.69, 9.17) is 52.6 Å². The van der Waals surface area contributed by atoms with Gasteiger partial charge in [0.1, 0.15) is 35.6 Å². The average molecular weight is 664 g/mol. The van der Waals surface area contributed by atoms with Crippen molar-refractivity contribution in [2.75, 3.05) is 13.2 Å². The fourth-order valence-corrected chi connectivity index (χ4v) is 5.49. The monoisotopic (exact) mass is 662 g/mol. The number of nitriles is 1. The van der Waals surface area contributed by atoms with Crippen LogP contribution in [-0.2, 0) is 6.61 Å². The third-order valence-electron chi connectivity index (χ3n) is 7.03. The number of rotatable bonds is 11. The molecule has 2 N–H and O–H groups in total. The van der Waals surface area contributed by atoms with Crippen molar-refractivity contribution in [2.24, 2.45) is 5.73 Å². The van der Waals surface area contributed by atoms with Gasteiger partial charge in [-0.15, -0.1) is 0 Å². The molecule has 0 saturated carbocycles. The Hall–Kier alpha value is -4.91. The van der Waals surface area contributed by atoms with Gasteiger partial charge in [0.05, 0.1) is 34.7 Å². The van der Waals surface area contributed by atoms with Gasteiger partial charge in [0.2, 0.25) is 5.88 Å². The maximum Gasteiger partial charge on any atom is 0.343 e. The lowest BCUT2D eigenvalue weighted by Gasteiger charge is -2.27. The predicted octanol–water partition coefficient (Wildman–Crippen LogP) is 8.34. The first-order chi connectivity index (χ1) is 22.2. The highest BCUT2D eigenvalue weighted by atomic mass is 35.5. The Morgan fingerprint density at radius 1 is 0.978 bits per heavy atom. The van der Waals surface area contributed by atoms with Gasteiger partial charge >= 0.3 is 5.97 Å². The van der Waals surface area contributed by atoms with E-state index >= 15 is 0 Å². The van der Waals surface area contributed by atoms with Gasteiger partial charge in [0.15, 0.2) is 17.2 Å². The predicted molar refractivity (Wildman–Crippen MR) is 171 cm³/mol. The van der Waals surface area contributed by atoms with Gasteiger partial charge in [-0.1, -0.05) is 60.5 Å². The smallest absolute Gasteiger partial charge is 0.343 e. The molecule has 4 aromatic carbocycles. The van der Waals surface area contributed by atoms with Crippen molar-refractivity contribution in [2.45, 2.75) is 32.8 Å². The lowest BCUT2D eigenvalue weighted by atomic mass is 9.83. The molecular weight excluding hydrogens is 634 g/mol. The standard InChI is InChI=1S/C35H29Cl2FN2O6/c1-3-13-43-33-26(36)14-22(15-27(33)37)35(41)45-23-10-11-24-30(17-23)46-34(40)25(18-39)32(24)20-9-12-29(31(16-20)42-4-2)44-19-21-7-5-6-8-28(21)38/h5-12,14-17,32H,3-4,13,19,40H2,1-2H3. The summed E-state index contributed by atoms with van der Waals surface area (Å²) in [4.78, 5) is 13.0. The molecule has 1 atom stereocenters. The summed E-state index contributed by atoms with van der Waals surface area (Å²) in [5, 5.41) is 10.4. The van der Waals surface area contributed by atoms with Gasteiger partial charge in [-0.25, -0.2) is 9.18 Å². The van der Waals surface area contributed by atoms with E-state index in [0.717, 1.165) is 6.42 Å². The number of hydrogen-bond acceptors (Lipinski definition) is 8. The molecule has 0 bridgehead atoms. The van der Waals surface area contributed by atoms with E-state index in [1.54, 1.807) is 48.5 Å². The highest BCUT2D eigenvalue weighted by Gasteiger charge is 2.32. The number of esters is 1. The molecule has 0 aromatic heterocycles. The van der Waals surface area contributed by atoms with E-state index < -0.39 is 11.9 Å². The van der Waals surface area contributed by atoms with E-state index in [2.05, 4.69) is 6.07 Å². The summed E-state index contributed by atoms with van der Waals surface area (Å²) in [6.45, 7) is 4.54. The first kappa shape index (κ1) is 32.5. The Balaban J connectivity index is 1.42. The number of hydrogen-bond donors (Lipinski definition) is 1. The highest BCUT2D eigenvalue weighted by molar-refractivity contribution is 6.37. The summed E-state index contributed by atoms with van der Waals surface area (Å²) in [6.07, 6.45) is 0.762. The zero-order valence-corrected chi connectivity index (χ0v) is 26.5. The van der Waals surface area contributed by atoms with Crippen LogP contribution in [0.5, 0.6) is 28.7 Å². The molecule has 0 aliphatic carbocycles. The lowest BCUT2D eigenvalue weighted by Crippen LogP contribution is -2.21. The molecule has 11 heteroatoms. The Bertz CT molecular complexity index is 1830. The van der Waals surface area contributed by atoms with Crippen LogP contribution in [-0.4, -0.2) is 19.2 Å². The molecule has 5 rings (SSSR count). The molecule has 8 nitrogen and oxygen atoms in total. The van der Waals surface area contributed by atoms with Crippen LogP contribution in [0.25, 0.3) is 0 Å². The maximum atomic E-state index is 14.2. The molecule has 1 aliphatic heterocycles. The van der Waals surface area contributed by atoms with Crippen LogP contribution in [0.3, 0.4) is 0 Å². The maximum absolute atomic E-state index is 14.2. The van der Waals surface area contributed by atoms with E-state index in [1.165, 1.54) is 24.3 Å². The molecule has 1 heterocycles. The van der Waals surface area contributed by atoms with Crippen LogP contribution < -0.4 is 29.4 Å². The van der Waals surface area contributed by atoms with Gasteiger partial charge in [0.25, 0.3) is 0 Å². The summed E-state index contributed by atoms with van der Waals surface area (Å²) in [6, 6.07) is 21.4.